The Balaban J connectivity index is 2.10. The number of rotatable bonds is 4. The Labute approximate surface area is 146 Å². The fourth-order valence-electron chi connectivity index (χ4n) is 2.51. The van der Waals surface area contributed by atoms with Crippen molar-refractivity contribution >= 4 is 23.5 Å². The summed E-state index contributed by atoms with van der Waals surface area (Å²) in [4.78, 5) is 21.7. The quantitative estimate of drug-likeness (QED) is 0.822. The van der Waals surface area contributed by atoms with Gasteiger partial charge in [0.2, 0.25) is 0 Å². The molecule has 0 bridgehead atoms. The van der Waals surface area contributed by atoms with Crippen LogP contribution in [0.1, 0.15) is 27.2 Å². The Kier molecular flexibility index (Phi) is 5.71. The van der Waals surface area contributed by atoms with Gasteiger partial charge in [0, 0.05) is 13.7 Å². The van der Waals surface area contributed by atoms with Gasteiger partial charge in [-0.1, -0.05) is 11.6 Å². The van der Waals surface area contributed by atoms with Gasteiger partial charge in [-0.05, 0) is 27.2 Å². The zero-order valence-electron chi connectivity index (χ0n) is 14.3. The van der Waals surface area contributed by atoms with Gasteiger partial charge in [-0.2, -0.15) is 0 Å². The van der Waals surface area contributed by atoms with Crippen molar-refractivity contribution in [2.75, 3.05) is 26.0 Å². The summed E-state index contributed by atoms with van der Waals surface area (Å²) in [7, 11) is 1.60. The highest BCUT2D eigenvalue weighted by Gasteiger charge is 2.40. The van der Waals surface area contributed by atoms with Crippen LogP contribution >= 0.6 is 11.6 Å². The maximum absolute atomic E-state index is 12.4. The molecule has 0 spiro atoms. The molecule has 2 rings (SSSR count). The number of likely N-dealkylation sites (tertiary alicyclic amines) is 1. The fourth-order valence-corrected chi connectivity index (χ4v) is 2.71. The van der Waals surface area contributed by atoms with Gasteiger partial charge in [0.1, 0.15) is 18.5 Å². The molecule has 1 aliphatic rings. The summed E-state index contributed by atoms with van der Waals surface area (Å²) in [5, 5.41) is 0.123. The highest BCUT2D eigenvalue weighted by molar-refractivity contribution is 6.31. The molecule has 2 atom stereocenters. The van der Waals surface area contributed by atoms with Gasteiger partial charge in [-0.25, -0.2) is 14.8 Å². The van der Waals surface area contributed by atoms with Gasteiger partial charge >= 0.3 is 6.09 Å². The molecule has 1 saturated heterocycles. The first kappa shape index (κ1) is 18.5. The normalized spacial score (nSPS) is 21.0. The number of hydrogen-bond acceptors (Lipinski definition) is 7. The lowest BCUT2D eigenvalue weighted by Crippen LogP contribution is -2.46. The number of methoxy groups -OCH3 is 1. The van der Waals surface area contributed by atoms with Gasteiger partial charge in [-0.15, -0.1) is 0 Å². The lowest BCUT2D eigenvalue weighted by atomic mass is 10.2. The molecule has 1 amide bonds. The average molecular weight is 359 g/mol. The van der Waals surface area contributed by atoms with Crippen LogP contribution in [0.15, 0.2) is 6.33 Å². The monoisotopic (exact) mass is 358 g/mol. The molecule has 1 fully saturated rings. The second kappa shape index (κ2) is 7.40. The van der Waals surface area contributed by atoms with E-state index in [4.69, 9.17) is 31.5 Å². The van der Waals surface area contributed by atoms with Crippen molar-refractivity contribution in [1.82, 2.24) is 14.9 Å². The van der Waals surface area contributed by atoms with Gasteiger partial charge < -0.3 is 19.9 Å². The zero-order valence-corrected chi connectivity index (χ0v) is 15.0. The minimum Gasteiger partial charge on any atom is -0.485 e. The van der Waals surface area contributed by atoms with E-state index in [1.165, 1.54) is 6.33 Å². The minimum atomic E-state index is -0.575. The number of aromatic nitrogens is 2. The number of nitrogen functional groups attached to an aromatic ring is 1. The van der Waals surface area contributed by atoms with Crippen molar-refractivity contribution in [2.24, 2.45) is 0 Å². The van der Waals surface area contributed by atoms with E-state index in [2.05, 4.69) is 9.97 Å². The van der Waals surface area contributed by atoms with Crippen molar-refractivity contribution in [3.63, 3.8) is 0 Å². The predicted octanol–water partition coefficient (Wildman–Crippen LogP) is 2.12. The molecule has 2 N–H and O–H groups in total. The first-order chi connectivity index (χ1) is 11.2. The molecular weight excluding hydrogens is 336 g/mol. The summed E-state index contributed by atoms with van der Waals surface area (Å²) in [6.07, 6.45) is 1.38. The van der Waals surface area contributed by atoms with Crippen molar-refractivity contribution < 1.29 is 19.0 Å². The Hall–Kier alpha value is -1.80. The molecule has 1 aliphatic heterocycles. The van der Waals surface area contributed by atoms with Crippen LogP contribution in [0.3, 0.4) is 0 Å². The van der Waals surface area contributed by atoms with E-state index in [-0.39, 0.29) is 35.5 Å². The van der Waals surface area contributed by atoms with Crippen LogP contribution in [-0.2, 0) is 9.47 Å². The third-order valence-electron chi connectivity index (χ3n) is 3.60. The summed E-state index contributed by atoms with van der Waals surface area (Å²) in [5.74, 6) is 0.343. The molecule has 0 unspecified atom stereocenters. The standard InChI is InChI=1S/C15H23ClN4O4/c1-15(2,3)24-14(21)20-6-5-10(22-4)9(20)7-23-11-12(16)18-8-19-13(11)17/h8-10H,5-7H2,1-4H3,(H2,17,18,19)/t9-,10-/m0/s1. The van der Waals surface area contributed by atoms with E-state index < -0.39 is 11.7 Å². The number of halogens is 1. The number of anilines is 1. The van der Waals surface area contributed by atoms with E-state index >= 15 is 0 Å². The number of amides is 1. The molecule has 0 aromatic carbocycles. The van der Waals surface area contributed by atoms with Gasteiger partial charge in [0.25, 0.3) is 0 Å². The van der Waals surface area contributed by atoms with Crippen molar-refractivity contribution in [3.8, 4) is 5.75 Å². The molecule has 134 valence electrons. The topological polar surface area (TPSA) is 99.8 Å². The van der Waals surface area contributed by atoms with Gasteiger partial charge in [-0.3, -0.25) is 4.90 Å². The highest BCUT2D eigenvalue weighted by Crippen LogP contribution is 2.29. The lowest BCUT2D eigenvalue weighted by Gasteiger charge is -2.30. The smallest absolute Gasteiger partial charge is 0.410 e. The van der Waals surface area contributed by atoms with Crippen LogP contribution in [-0.4, -0.2) is 59.0 Å². The molecule has 1 aromatic heterocycles. The number of hydrogen-bond donors (Lipinski definition) is 1. The predicted molar refractivity (Wildman–Crippen MR) is 89.1 cm³/mol. The maximum Gasteiger partial charge on any atom is 0.410 e. The molecule has 2 heterocycles. The molecule has 0 saturated carbocycles. The molecule has 0 radical (unpaired) electrons. The third kappa shape index (κ3) is 4.39. The lowest BCUT2D eigenvalue weighted by molar-refractivity contribution is 0.00193. The van der Waals surface area contributed by atoms with Crippen molar-refractivity contribution in [2.45, 2.75) is 44.9 Å². The molecule has 9 heteroatoms. The Morgan fingerprint density at radius 3 is 2.75 bits per heavy atom. The zero-order chi connectivity index (χ0) is 17.9. The first-order valence-corrected chi connectivity index (χ1v) is 8.02. The SMILES string of the molecule is CO[C@H]1CCN(C(=O)OC(C)(C)C)[C@H]1COc1c(N)ncnc1Cl. The van der Waals surface area contributed by atoms with Crippen LogP contribution < -0.4 is 10.5 Å². The first-order valence-electron chi connectivity index (χ1n) is 7.64. The summed E-state index contributed by atoms with van der Waals surface area (Å²) < 4.78 is 16.6. The Morgan fingerprint density at radius 2 is 2.17 bits per heavy atom. The average Bonchev–Trinajstić information content (AvgIpc) is 2.88. The molecule has 1 aromatic rings. The van der Waals surface area contributed by atoms with Crippen LogP contribution in [0.5, 0.6) is 5.75 Å². The minimum absolute atomic E-state index is 0.123. The van der Waals surface area contributed by atoms with Crippen LogP contribution in [0.2, 0.25) is 5.15 Å². The molecular formula is C15H23ClN4O4. The summed E-state index contributed by atoms with van der Waals surface area (Å²) >= 11 is 5.98. The van der Waals surface area contributed by atoms with Crippen LogP contribution in [0.4, 0.5) is 10.6 Å². The number of nitrogens with two attached hydrogens (primary N) is 1. The largest absolute Gasteiger partial charge is 0.485 e. The fraction of sp³-hybridized carbons (Fsp3) is 0.667. The van der Waals surface area contributed by atoms with E-state index in [0.717, 1.165) is 0 Å². The van der Waals surface area contributed by atoms with E-state index in [9.17, 15) is 4.79 Å². The molecule has 24 heavy (non-hydrogen) atoms. The maximum atomic E-state index is 12.4. The third-order valence-corrected chi connectivity index (χ3v) is 3.87. The second-order valence-corrected chi connectivity index (χ2v) is 6.85. The number of ether oxygens (including phenoxy) is 3. The van der Waals surface area contributed by atoms with E-state index in [1.54, 1.807) is 12.0 Å². The van der Waals surface area contributed by atoms with Crippen LogP contribution in [0.25, 0.3) is 0 Å². The van der Waals surface area contributed by atoms with Gasteiger partial charge in [0.15, 0.2) is 16.7 Å². The molecule has 8 nitrogen and oxygen atoms in total. The summed E-state index contributed by atoms with van der Waals surface area (Å²) in [6, 6.07) is -0.319. The van der Waals surface area contributed by atoms with Crippen molar-refractivity contribution in [1.29, 1.82) is 0 Å². The number of nitrogens with zero attached hydrogens (tertiary/aromatic N) is 3. The van der Waals surface area contributed by atoms with E-state index in [0.29, 0.717) is 13.0 Å². The molecule has 0 aliphatic carbocycles. The second-order valence-electron chi connectivity index (χ2n) is 6.49. The van der Waals surface area contributed by atoms with Gasteiger partial charge in [0.05, 0.1) is 12.1 Å². The summed E-state index contributed by atoms with van der Waals surface area (Å²) in [5.41, 5.74) is 5.18. The highest BCUT2D eigenvalue weighted by atomic mass is 35.5. The Bertz CT molecular complexity index is 573. The Morgan fingerprint density at radius 1 is 1.46 bits per heavy atom. The van der Waals surface area contributed by atoms with Crippen molar-refractivity contribution in [3.05, 3.63) is 11.5 Å². The van der Waals surface area contributed by atoms with Crippen LogP contribution in [0, 0.1) is 0 Å². The van der Waals surface area contributed by atoms with E-state index in [1.807, 2.05) is 20.8 Å². The summed E-state index contributed by atoms with van der Waals surface area (Å²) in [6.45, 7) is 6.14. The number of carbonyl (C=O) groups excluding carboxylic acids is 1. The number of carbonyl (C=O) groups is 1.